The van der Waals surface area contributed by atoms with Crippen molar-refractivity contribution in [3.05, 3.63) is 47.8 Å². The molecule has 0 aromatic heterocycles. The van der Waals surface area contributed by atoms with Gasteiger partial charge in [0.25, 0.3) is 0 Å². The second kappa shape index (κ2) is 8.36. The van der Waals surface area contributed by atoms with E-state index in [1.807, 2.05) is 0 Å². The van der Waals surface area contributed by atoms with Crippen LogP contribution in [0.15, 0.2) is 41.3 Å². The predicted molar refractivity (Wildman–Crippen MR) is 102 cm³/mol. The molecule has 0 bridgehead atoms. The Balaban J connectivity index is 2.13. The van der Waals surface area contributed by atoms with E-state index >= 15 is 0 Å². The molecule has 0 fully saturated rings. The highest BCUT2D eigenvalue weighted by Crippen LogP contribution is 2.28. The largest absolute Gasteiger partial charge is 0.495 e. The summed E-state index contributed by atoms with van der Waals surface area (Å²) < 4.78 is 44.4. The average molecular weight is 395 g/mol. The van der Waals surface area contributed by atoms with Crippen LogP contribution in [0.25, 0.3) is 0 Å². The Morgan fingerprint density at radius 3 is 2.48 bits per heavy atom. The second-order valence-corrected chi connectivity index (χ2v) is 8.17. The van der Waals surface area contributed by atoms with Crippen molar-refractivity contribution in [1.29, 1.82) is 0 Å². The fourth-order valence-corrected chi connectivity index (χ4v) is 3.18. The quantitative estimate of drug-likeness (QED) is 0.752. The third-order valence-electron chi connectivity index (χ3n) is 3.84. The number of methoxy groups -OCH3 is 1. The number of sulfonamides is 1. The molecule has 7 nitrogen and oxygen atoms in total. The number of hydrogen-bond acceptors (Lipinski definition) is 5. The predicted octanol–water partition coefficient (Wildman–Crippen LogP) is 2.44. The summed E-state index contributed by atoms with van der Waals surface area (Å²) in [6, 6.07) is 8.73. The first-order valence-electron chi connectivity index (χ1n) is 8.05. The lowest BCUT2D eigenvalue weighted by molar-refractivity contribution is -0.114. The number of amides is 1. The van der Waals surface area contributed by atoms with Gasteiger partial charge in [0, 0.05) is 19.8 Å². The lowest BCUT2D eigenvalue weighted by atomic mass is 10.2. The molecule has 0 spiro atoms. The van der Waals surface area contributed by atoms with E-state index in [2.05, 4.69) is 10.6 Å². The van der Waals surface area contributed by atoms with Crippen LogP contribution in [0, 0.1) is 12.7 Å². The molecular weight excluding hydrogens is 373 g/mol. The standard InChI is InChI=1S/C18H22FN3O4S/c1-12-5-6-13(9-15(12)19)21-18(23)11-20-16-10-14(7-8-17(16)26-4)27(24,25)22(2)3/h5-10,20H,11H2,1-4H3,(H,21,23). The maximum atomic E-state index is 13.6. The molecule has 0 aliphatic carbocycles. The van der Waals surface area contributed by atoms with Gasteiger partial charge in [-0.2, -0.15) is 0 Å². The molecule has 0 saturated heterocycles. The second-order valence-electron chi connectivity index (χ2n) is 6.02. The lowest BCUT2D eigenvalue weighted by Gasteiger charge is -2.15. The number of hydrogen-bond donors (Lipinski definition) is 2. The number of halogens is 1. The van der Waals surface area contributed by atoms with E-state index in [4.69, 9.17) is 4.74 Å². The Labute approximate surface area is 158 Å². The van der Waals surface area contributed by atoms with Crippen molar-refractivity contribution in [2.45, 2.75) is 11.8 Å². The fraction of sp³-hybridized carbons (Fsp3) is 0.278. The Bertz CT molecular complexity index is 946. The molecule has 27 heavy (non-hydrogen) atoms. The van der Waals surface area contributed by atoms with Crippen molar-refractivity contribution in [1.82, 2.24) is 4.31 Å². The van der Waals surface area contributed by atoms with Crippen LogP contribution in [0.3, 0.4) is 0 Å². The van der Waals surface area contributed by atoms with Crippen molar-refractivity contribution in [2.75, 3.05) is 38.4 Å². The van der Waals surface area contributed by atoms with E-state index in [1.54, 1.807) is 19.1 Å². The molecule has 0 saturated carbocycles. The summed E-state index contributed by atoms with van der Waals surface area (Å²) in [5, 5.41) is 5.42. The molecule has 2 aromatic rings. The normalized spacial score (nSPS) is 11.3. The molecule has 0 atom stereocenters. The summed E-state index contributed by atoms with van der Waals surface area (Å²) in [6.45, 7) is 1.47. The zero-order valence-electron chi connectivity index (χ0n) is 15.5. The van der Waals surface area contributed by atoms with E-state index in [-0.39, 0.29) is 11.4 Å². The van der Waals surface area contributed by atoms with Crippen LogP contribution >= 0.6 is 0 Å². The molecule has 0 aliphatic heterocycles. The first-order valence-corrected chi connectivity index (χ1v) is 9.49. The SMILES string of the molecule is COc1ccc(S(=O)(=O)N(C)C)cc1NCC(=O)Nc1ccc(C)c(F)c1. The first-order chi connectivity index (χ1) is 12.6. The Morgan fingerprint density at radius 2 is 1.89 bits per heavy atom. The van der Waals surface area contributed by atoms with Crippen LogP contribution in [-0.2, 0) is 14.8 Å². The molecule has 1 amide bonds. The maximum Gasteiger partial charge on any atom is 0.243 e. The van der Waals surface area contributed by atoms with Crippen molar-refractivity contribution in [3.8, 4) is 5.75 Å². The van der Waals surface area contributed by atoms with Crippen LogP contribution < -0.4 is 15.4 Å². The molecular formula is C18H22FN3O4S. The van der Waals surface area contributed by atoms with Gasteiger partial charge in [0.05, 0.1) is 24.2 Å². The molecule has 2 rings (SSSR count). The molecule has 0 radical (unpaired) electrons. The Hall–Kier alpha value is -2.65. The van der Waals surface area contributed by atoms with Gasteiger partial charge in [-0.1, -0.05) is 6.07 Å². The molecule has 0 aliphatic rings. The van der Waals surface area contributed by atoms with Gasteiger partial charge >= 0.3 is 0 Å². The molecule has 9 heteroatoms. The van der Waals surface area contributed by atoms with Gasteiger partial charge < -0.3 is 15.4 Å². The van der Waals surface area contributed by atoms with Gasteiger partial charge in [-0.25, -0.2) is 17.1 Å². The van der Waals surface area contributed by atoms with Gasteiger partial charge in [0.15, 0.2) is 0 Å². The minimum absolute atomic E-state index is 0.0665. The number of benzene rings is 2. The summed E-state index contributed by atoms with van der Waals surface area (Å²) in [5.74, 6) is -0.438. The summed E-state index contributed by atoms with van der Waals surface area (Å²) in [5.41, 5.74) is 1.17. The summed E-state index contributed by atoms with van der Waals surface area (Å²) in [6.07, 6.45) is 0. The number of nitrogens with one attached hydrogen (secondary N) is 2. The summed E-state index contributed by atoms with van der Waals surface area (Å²) in [4.78, 5) is 12.2. The minimum Gasteiger partial charge on any atom is -0.495 e. The zero-order chi connectivity index (χ0) is 20.2. The summed E-state index contributed by atoms with van der Waals surface area (Å²) >= 11 is 0. The number of rotatable bonds is 7. The number of carbonyl (C=O) groups excluding carboxylic acids is 1. The van der Waals surface area contributed by atoms with Gasteiger partial charge in [0.1, 0.15) is 11.6 Å². The average Bonchev–Trinajstić information content (AvgIpc) is 2.62. The zero-order valence-corrected chi connectivity index (χ0v) is 16.4. The highest BCUT2D eigenvalue weighted by atomic mass is 32.2. The van der Waals surface area contributed by atoms with Crippen LogP contribution in [0.1, 0.15) is 5.56 Å². The van der Waals surface area contributed by atoms with Gasteiger partial charge in [-0.15, -0.1) is 0 Å². The maximum absolute atomic E-state index is 13.6. The van der Waals surface area contributed by atoms with Crippen molar-refractivity contribution in [3.63, 3.8) is 0 Å². The number of anilines is 2. The fourth-order valence-electron chi connectivity index (χ4n) is 2.25. The monoisotopic (exact) mass is 395 g/mol. The van der Waals surface area contributed by atoms with E-state index < -0.39 is 21.7 Å². The molecule has 0 heterocycles. The highest BCUT2D eigenvalue weighted by Gasteiger charge is 2.19. The Morgan fingerprint density at radius 1 is 1.19 bits per heavy atom. The molecule has 146 valence electrons. The van der Waals surface area contributed by atoms with Crippen molar-refractivity contribution >= 4 is 27.3 Å². The van der Waals surface area contributed by atoms with Crippen LogP contribution in [0.5, 0.6) is 5.75 Å². The first kappa shape index (κ1) is 20.7. The number of aryl methyl sites for hydroxylation is 1. The Kier molecular flexibility index (Phi) is 6.40. The van der Waals surface area contributed by atoms with E-state index in [1.165, 1.54) is 45.5 Å². The minimum atomic E-state index is -3.62. The van der Waals surface area contributed by atoms with Gasteiger partial charge in [0.2, 0.25) is 15.9 Å². The number of nitrogens with zero attached hydrogens (tertiary/aromatic N) is 1. The van der Waals surface area contributed by atoms with Crippen LogP contribution in [0.4, 0.5) is 15.8 Å². The van der Waals surface area contributed by atoms with Gasteiger partial charge in [-0.05, 0) is 42.8 Å². The van der Waals surface area contributed by atoms with Gasteiger partial charge in [-0.3, -0.25) is 4.79 Å². The smallest absolute Gasteiger partial charge is 0.243 e. The van der Waals surface area contributed by atoms with E-state index in [0.29, 0.717) is 22.7 Å². The molecule has 2 N–H and O–H groups in total. The van der Waals surface area contributed by atoms with E-state index in [9.17, 15) is 17.6 Å². The highest BCUT2D eigenvalue weighted by molar-refractivity contribution is 7.89. The van der Waals surface area contributed by atoms with Crippen LogP contribution in [-0.4, -0.2) is 46.4 Å². The molecule has 0 unspecified atom stereocenters. The third-order valence-corrected chi connectivity index (χ3v) is 5.66. The number of carbonyl (C=O) groups is 1. The molecule has 2 aromatic carbocycles. The van der Waals surface area contributed by atoms with Crippen molar-refractivity contribution in [2.24, 2.45) is 0 Å². The third kappa shape index (κ3) is 4.95. The van der Waals surface area contributed by atoms with Crippen LogP contribution in [0.2, 0.25) is 0 Å². The summed E-state index contributed by atoms with van der Waals surface area (Å²) in [7, 11) is 0.678. The van der Waals surface area contributed by atoms with E-state index in [0.717, 1.165) is 4.31 Å². The lowest BCUT2D eigenvalue weighted by Crippen LogP contribution is -2.23. The van der Waals surface area contributed by atoms with Crippen molar-refractivity contribution < 1.29 is 22.3 Å². The topological polar surface area (TPSA) is 87.7 Å². The number of ether oxygens (including phenoxy) is 1.